The van der Waals surface area contributed by atoms with Gasteiger partial charge in [-0.05, 0) is 36.2 Å². The number of amides is 1. The minimum absolute atomic E-state index is 0.0510. The molecule has 0 aliphatic heterocycles. The van der Waals surface area contributed by atoms with Gasteiger partial charge in [0.15, 0.2) is 5.82 Å². The molecule has 0 bridgehead atoms. The topological polar surface area (TPSA) is 95.8 Å². The molecule has 0 aliphatic carbocycles. The maximum Gasteiger partial charge on any atom is 0.260 e. The molecule has 2 heterocycles. The third-order valence-electron chi connectivity index (χ3n) is 4.43. The highest BCUT2D eigenvalue weighted by molar-refractivity contribution is 6.30. The summed E-state index contributed by atoms with van der Waals surface area (Å²) in [5.41, 5.74) is 2.66. The number of anilines is 1. The van der Waals surface area contributed by atoms with Gasteiger partial charge in [-0.2, -0.15) is 10.2 Å². The molecular formula is C20H18ClN5O2. The molecule has 4 rings (SSSR count). The average molecular weight is 396 g/mol. The van der Waals surface area contributed by atoms with E-state index in [2.05, 4.69) is 20.6 Å². The Morgan fingerprint density at radius 3 is 2.82 bits per heavy atom. The van der Waals surface area contributed by atoms with Crippen LogP contribution in [0.15, 0.2) is 48.7 Å². The van der Waals surface area contributed by atoms with Gasteiger partial charge in [0.25, 0.3) is 5.91 Å². The van der Waals surface area contributed by atoms with Crippen molar-refractivity contribution < 1.29 is 9.90 Å². The number of aromatic nitrogens is 4. The molecule has 0 fully saturated rings. The van der Waals surface area contributed by atoms with Crippen LogP contribution in [0.1, 0.15) is 35.8 Å². The normalized spacial score (nSPS) is 11.3. The molecule has 7 nitrogen and oxygen atoms in total. The predicted octanol–water partition coefficient (Wildman–Crippen LogP) is 4.48. The van der Waals surface area contributed by atoms with Crippen molar-refractivity contribution >= 4 is 34.2 Å². The summed E-state index contributed by atoms with van der Waals surface area (Å²) in [6.45, 7) is 4.00. The highest BCUT2D eigenvalue weighted by atomic mass is 35.5. The van der Waals surface area contributed by atoms with Gasteiger partial charge < -0.3 is 10.4 Å². The number of nitrogens with one attached hydrogen (secondary N) is 2. The molecule has 0 unspecified atom stereocenters. The van der Waals surface area contributed by atoms with E-state index in [0.717, 1.165) is 11.4 Å². The zero-order valence-electron chi connectivity index (χ0n) is 15.3. The van der Waals surface area contributed by atoms with Crippen LogP contribution < -0.4 is 5.32 Å². The first-order chi connectivity index (χ1) is 13.4. The van der Waals surface area contributed by atoms with Crippen molar-refractivity contribution in [2.45, 2.75) is 19.8 Å². The van der Waals surface area contributed by atoms with Crippen LogP contribution in [0.3, 0.4) is 0 Å². The molecule has 8 heteroatoms. The number of phenolic OH excluding ortho intramolecular Hbond substituents is 1. The van der Waals surface area contributed by atoms with Gasteiger partial charge in [0.2, 0.25) is 0 Å². The van der Waals surface area contributed by atoms with Crippen molar-refractivity contribution in [3.05, 3.63) is 64.9 Å². The zero-order chi connectivity index (χ0) is 19.8. The number of hydrogen-bond donors (Lipinski definition) is 3. The smallest absolute Gasteiger partial charge is 0.260 e. The fraction of sp³-hybridized carbons (Fsp3) is 0.150. The second-order valence-corrected chi connectivity index (χ2v) is 7.18. The van der Waals surface area contributed by atoms with Gasteiger partial charge in [0.05, 0.1) is 28.7 Å². The number of rotatable bonds is 4. The summed E-state index contributed by atoms with van der Waals surface area (Å²) in [5.74, 6) is 0.262. The summed E-state index contributed by atoms with van der Waals surface area (Å²) in [6.07, 6.45) is 1.55. The lowest BCUT2D eigenvalue weighted by Crippen LogP contribution is -2.15. The first-order valence-electron chi connectivity index (χ1n) is 8.76. The number of aromatic hydroxyl groups is 1. The fourth-order valence-corrected chi connectivity index (χ4v) is 3.36. The van der Waals surface area contributed by atoms with Crippen LogP contribution in [0.4, 0.5) is 5.82 Å². The number of benzene rings is 2. The minimum atomic E-state index is -0.307. The summed E-state index contributed by atoms with van der Waals surface area (Å²) in [6, 6.07) is 12.1. The van der Waals surface area contributed by atoms with Gasteiger partial charge >= 0.3 is 0 Å². The summed E-state index contributed by atoms with van der Waals surface area (Å²) in [4.78, 5) is 13.0. The molecule has 4 aromatic rings. The van der Waals surface area contributed by atoms with Gasteiger partial charge in [-0.25, -0.2) is 4.68 Å². The third kappa shape index (κ3) is 3.20. The van der Waals surface area contributed by atoms with Gasteiger partial charge in [-0.15, -0.1) is 0 Å². The molecule has 0 atom stereocenters. The number of carbonyl (C=O) groups excluding carboxylic acids is 1. The Balaban J connectivity index is 1.71. The molecule has 2 aromatic heterocycles. The van der Waals surface area contributed by atoms with Crippen LogP contribution in [-0.4, -0.2) is 31.0 Å². The van der Waals surface area contributed by atoms with Crippen molar-refractivity contribution in [2.24, 2.45) is 0 Å². The number of carbonyl (C=O) groups is 1. The minimum Gasteiger partial charge on any atom is -0.508 e. The molecular weight excluding hydrogens is 378 g/mol. The second kappa shape index (κ2) is 7.01. The van der Waals surface area contributed by atoms with E-state index in [1.165, 1.54) is 0 Å². The number of hydrogen-bond acceptors (Lipinski definition) is 4. The maximum atomic E-state index is 13.0. The van der Waals surface area contributed by atoms with E-state index in [9.17, 15) is 9.90 Å². The quantitative estimate of drug-likeness (QED) is 0.474. The van der Waals surface area contributed by atoms with Gasteiger partial charge in [0, 0.05) is 16.5 Å². The molecule has 0 saturated heterocycles. The molecule has 3 N–H and O–H groups in total. The second-order valence-electron chi connectivity index (χ2n) is 6.75. The van der Waals surface area contributed by atoms with E-state index in [0.29, 0.717) is 27.3 Å². The standard InChI is InChI=1S/C20H18ClN5O2/c1-11(2)18-16(10-22-26(18)13-5-3-4-12(21)8-13)20(28)23-19-15-7-6-14(27)9-17(15)24-25-19/h3-11,27H,1-2H3,(H2,23,24,25,28). The summed E-state index contributed by atoms with van der Waals surface area (Å²) >= 11 is 6.11. The van der Waals surface area contributed by atoms with Crippen molar-refractivity contribution in [1.82, 2.24) is 20.0 Å². The van der Waals surface area contributed by atoms with Crippen molar-refractivity contribution in [2.75, 3.05) is 5.32 Å². The predicted molar refractivity (Wildman–Crippen MR) is 108 cm³/mol. The Morgan fingerprint density at radius 1 is 1.25 bits per heavy atom. The number of fused-ring (bicyclic) bond motifs is 1. The number of phenols is 1. The van der Waals surface area contributed by atoms with Crippen LogP contribution in [0.2, 0.25) is 5.02 Å². The highest BCUT2D eigenvalue weighted by Gasteiger charge is 2.22. The molecule has 2 aromatic carbocycles. The summed E-state index contributed by atoms with van der Waals surface area (Å²) in [7, 11) is 0. The number of halogens is 1. The number of nitrogens with zero attached hydrogens (tertiary/aromatic N) is 3. The van der Waals surface area contributed by atoms with E-state index in [-0.39, 0.29) is 17.6 Å². The molecule has 0 spiro atoms. The molecule has 0 aliphatic rings. The van der Waals surface area contributed by atoms with Crippen molar-refractivity contribution in [3.63, 3.8) is 0 Å². The Kier molecular flexibility index (Phi) is 4.52. The lowest BCUT2D eigenvalue weighted by Gasteiger charge is -2.13. The Labute approximate surface area is 166 Å². The van der Waals surface area contributed by atoms with Crippen molar-refractivity contribution in [1.29, 1.82) is 0 Å². The Morgan fingerprint density at radius 2 is 2.07 bits per heavy atom. The average Bonchev–Trinajstić information content (AvgIpc) is 3.26. The van der Waals surface area contributed by atoms with Crippen LogP contribution in [-0.2, 0) is 0 Å². The van der Waals surface area contributed by atoms with Crippen LogP contribution >= 0.6 is 11.6 Å². The van der Waals surface area contributed by atoms with Gasteiger partial charge in [-0.3, -0.25) is 9.89 Å². The van der Waals surface area contributed by atoms with Gasteiger partial charge in [-0.1, -0.05) is 31.5 Å². The zero-order valence-corrected chi connectivity index (χ0v) is 16.0. The fourth-order valence-electron chi connectivity index (χ4n) is 3.18. The van der Waals surface area contributed by atoms with E-state index in [4.69, 9.17) is 11.6 Å². The molecule has 0 radical (unpaired) electrons. The highest BCUT2D eigenvalue weighted by Crippen LogP contribution is 2.27. The lowest BCUT2D eigenvalue weighted by molar-refractivity contribution is 0.102. The van der Waals surface area contributed by atoms with E-state index in [1.54, 1.807) is 41.2 Å². The largest absolute Gasteiger partial charge is 0.508 e. The first kappa shape index (κ1) is 18.1. The summed E-state index contributed by atoms with van der Waals surface area (Å²) < 4.78 is 1.73. The Bertz CT molecular complexity index is 1180. The van der Waals surface area contributed by atoms with E-state index < -0.39 is 0 Å². The van der Waals surface area contributed by atoms with Crippen LogP contribution in [0.25, 0.3) is 16.6 Å². The molecule has 0 saturated carbocycles. The molecule has 28 heavy (non-hydrogen) atoms. The van der Waals surface area contributed by atoms with Crippen LogP contribution in [0, 0.1) is 0 Å². The molecule has 142 valence electrons. The third-order valence-corrected chi connectivity index (χ3v) is 4.66. The summed E-state index contributed by atoms with van der Waals surface area (Å²) in [5, 5.41) is 25.1. The first-order valence-corrected chi connectivity index (χ1v) is 9.14. The van der Waals surface area contributed by atoms with E-state index in [1.807, 2.05) is 26.0 Å². The number of aromatic amines is 1. The molecule has 1 amide bonds. The lowest BCUT2D eigenvalue weighted by atomic mass is 10.0. The van der Waals surface area contributed by atoms with Crippen LogP contribution in [0.5, 0.6) is 5.75 Å². The number of H-pyrrole nitrogens is 1. The van der Waals surface area contributed by atoms with Crippen molar-refractivity contribution in [3.8, 4) is 11.4 Å². The van der Waals surface area contributed by atoms with Gasteiger partial charge in [0.1, 0.15) is 5.75 Å². The maximum absolute atomic E-state index is 13.0. The van der Waals surface area contributed by atoms with E-state index >= 15 is 0 Å². The monoisotopic (exact) mass is 395 g/mol. The Hall–Kier alpha value is -3.32. The SMILES string of the molecule is CC(C)c1c(C(=O)Nc2n[nH]c3cc(O)ccc23)cnn1-c1cccc(Cl)c1.